The summed E-state index contributed by atoms with van der Waals surface area (Å²) in [4.78, 5) is 0. The molecule has 224 valence electrons. The monoisotopic (exact) mass is 744 g/mol. The van der Waals surface area contributed by atoms with Gasteiger partial charge in [-0.05, 0) is 10.8 Å². The molecule has 0 radical (unpaired) electrons. The van der Waals surface area contributed by atoms with Crippen LogP contribution in [0, 0.1) is 11.5 Å². The predicted molar refractivity (Wildman–Crippen MR) is 191 cm³/mol. The van der Waals surface area contributed by atoms with Crippen molar-refractivity contribution in [1.29, 1.82) is 0 Å². The first-order chi connectivity index (χ1) is 20.6. The molecule has 0 spiro atoms. The van der Waals surface area contributed by atoms with Gasteiger partial charge in [0.05, 0.1) is 0 Å². The van der Waals surface area contributed by atoms with Crippen LogP contribution in [0.25, 0.3) is 21.5 Å². The van der Waals surface area contributed by atoms with Crippen LogP contribution in [0.3, 0.4) is 0 Å². The first kappa shape index (κ1) is 33.9. The molecular formula is C43H48Hf. The maximum absolute atomic E-state index is 3.16. The third-order valence-electron chi connectivity index (χ3n) is 8.12. The van der Waals surface area contributed by atoms with Crippen LogP contribution in [-0.2, 0) is 34.7 Å². The number of benzene rings is 4. The fourth-order valence-electron chi connectivity index (χ4n) is 5.25. The topological polar surface area (TPSA) is 0 Å². The average molecular weight is 743 g/mol. The number of hydrogen-bond donors (Lipinski definition) is 0. The summed E-state index contributed by atoms with van der Waals surface area (Å²) in [6, 6.07) is 37.4. The molecule has 0 bridgehead atoms. The fourth-order valence-corrected chi connectivity index (χ4v) is 6.45. The zero-order chi connectivity index (χ0) is 32.1. The van der Waals surface area contributed by atoms with Crippen LogP contribution in [0.1, 0.15) is 91.0 Å². The summed E-state index contributed by atoms with van der Waals surface area (Å²) in [5.74, 6) is 0. The molecule has 0 heterocycles. The molecule has 0 atom stereocenters. The van der Waals surface area contributed by atoms with E-state index in [1.807, 2.05) is 0 Å². The van der Waals surface area contributed by atoms with E-state index in [1.54, 1.807) is 0 Å². The van der Waals surface area contributed by atoms with Gasteiger partial charge in [-0.2, -0.15) is 11.6 Å². The van der Waals surface area contributed by atoms with Crippen LogP contribution >= 0.6 is 0 Å². The van der Waals surface area contributed by atoms with Crippen molar-refractivity contribution in [3.8, 4) is 0 Å². The Morgan fingerprint density at radius 3 is 1.34 bits per heavy atom. The van der Waals surface area contributed by atoms with Gasteiger partial charge in [-0.3, -0.25) is 6.08 Å². The summed E-state index contributed by atoms with van der Waals surface area (Å²) in [5.41, 5.74) is 7.66. The van der Waals surface area contributed by atoms with Gasteiger partial charge in [0.15, 0.2) is 0 Å². The van der Waals surface area contributed by atoms with Crippen molar-refractivity contribution in [2.45, 2.75) is 79.6 Å². The Morgan fingerprint density at radius 1 is 0.591 bits per heavy atom. The minimum absolute atomic E-state index is 0.203. The van der Waals surface area contributed by atoms with E-state index in [0.717, 1.165) is 30.3 Å². The molecule has 0 amide bonds. The first-order valence-corrected chi connectivity index (χ1v) is 17.5. The Balaban J connectivity index is 0.000000165. The second-order valence-corrected chi connectivity index (χ2v) is 16.6. The molecule has 0 saturated carbocycles. The number of hydrogen-bond acceptors (Lipinski definition) is 0. The van der Waals surface area contributed by atoms with E-state index in [9.17, 15) is 0 Å². The van der Waals surface area contributed by atoms with Gasteiger partial charge in [0, 0.05) is 0 Å². The minimum atomic E-state index is 0.203. The van der Waals surface area contributed by atoms with Gasteiger partial charge in [0.1, 0.15) is 0 Å². The Morgan fingerprint density at radius 2 is 1.02 bits per heavy atom. The normalized spacial score (nSPS) is 13.2. The SMILES string of the molecule is CC(C)(C)C1=CC[C-]=C1.CC(C)(C)c1ccc2c(c1)[cH-]c1cc(C(C)(C)C)ccc12.[Hf+2]=[C](c1ccccc1)c1ccccc1. The average Bonchev–Trinajstić information content (AvgIpc) is 3.66. The summed E-state index contributed by atoms with van der Waals surface area (Å²) < 4.78 is 1.46. The molecule has 5 aromatic rings. The Bertz CT molecular complexity index is 1650. The van der Waals surface area contributed by atoms with Gasteiger partial charge in [0.25, 0.3) is 0 Å². The van der Waals surface area contributed by atoms with Crippen LogP contribution in [0.5, 0.6) is 0 Å². The molecular weight excluding hydrogens is 695 g/mol. The van der Waals surface area contributed by atoms with Gasteiger partial charge in [-0.25, -0.2) is 6.08 Å². The van der Waals surface area contributed by atoms with E-state index < -0.39 is 0 Å². The molecule has 1 aliphatic rings. The molecule has 0 aromatic heterocycles. The molecule has 0 unspecified atom stereocenters. The summed E-state index contributed by atoms with van der Waals surface area (Å²) in [5, 5.41) is 5.48. The van der Waals surface area contributed by atoms with Crippen LogP contribution in [-0.4, -0.2) is 3.26 Å². The molecule has 0 aliphatic heterocycles. The second kappa shape index (κ2) is 13.9. The van der Waals surface area contributed by atoms with E-state index in [4.69, 9.17) is 0 Å². The van der Waals surface area contributed by atoms with Gasteiger partial charge < -0.3 is 0 Å². The maximum atomic E-state index is 3.16. The van der Waals surface area contributed by atoms with Crippen LogP contribution in [0.4, 0.5) is 0 Å². The van der Waals surface area contributed by atoms with Crippen molar-refractivity contribution >= 4 is 24.8 Å². The van der Waals surface area contributed by atoms with E-state index in [0.29, 0.717) is 5.41 Å². The molecule has 0 N–H and O–H groups in total. The summed E-state index contributed by atoms with van der Waals surface area (Å²) >= 11 is 1.08. The Hall–Kier alpha value is -3.03. The van der Waals surface area contributed by atoms with Crippen LogP contribution in [0.2, 0.25) is 0 Å². The zero-order valence-corrected chi connectivity index (χ0v) is 31.8. The van der Waals surface area contributed by atoms with E-state index >= 15 is 0 Å². The molecule has 0 fully saturated rings. The molecule has 5 aromatic carbocycles. The first-order valence-electron chi connectivity index (χ1n) is 15.8. The van der Waals surface area contributed by atoms with E-state index in [1.165, 1.54) is 52.6 Å². The third-order valence-corrected chi connectivity index (χ3v) is 10.2. The summed E-state index contributed by atoms with van der Waals surface area (Å²) in [6.07, 6.45) is 8.50. The third kappa shape index (κ3) is 8.79. The van der Waals surface area contributed by atoms with Gasteiger partial charge >= 0.3 is 98.9 Å². The fraction of sp³-hybridized carbons (Fsp3) is 0.302. The molecule has 44 heavy (non-hydrogen) atoms. The molecule has 0 saturated heterocycles. The van der Waals surface area contributed by atoms with Crippen molar-refractivity contribution in [2.24, 2.45) is 5.41 Å². The number of allylic oxidation sites excluding steroid dienone is 4. The molecule has 1 aliphatic carbocycles. The van der Waals surface area contributed by atoms with Crippen molar-refractivity contribution < 1.29 is 23.9 Å². The summed E-state index contributed by atoms with van der Waals surface area (Å²) in [7, 11) is 0. The van der Waals surface area contributed by atoms with E-state index in [2.05, 4.69) is 184 Å². The Labute approximate surface area is 281 Å². The molecule has 0 nitrogen and oxygen atoms in total. The Kier molecular flexibility index (Phi) is 10.7. The van der Waals surface area contributed by atoms with Crippen LogP contribution < -0.4 is 0 Å². The zero-order valence-electron chi connectivity index (χ0n) is 28.2. The quantitative estimate of drug-likeness (QED) is 0.125. The van der Waals surface area contributed by atoms with Gasteiger partial charge in [-0.15, -0.1) is 46.2 Å². The molecule has 6 rings (SSSR count). The van der Waals surface area contributed by atoms with Gasteiger partial charge in [-0.1, -0.05) is 103 Å². The van der Waals surface area contributed by atoms with Crippen molar-refractivity contribution in [3.05, 3.63) is 149 Å². The van der Waals surface area contributed by atoms with Crippen molar-refractivity contribution in [3.63, 3.8) is 0 Å². The molecule has 1 heteroatoms. The summed E-state index contributed by atoms with van der Waals surface area (Å²) in [6.45, 7) is 20.3. The predicted octanol–water partition coefficient (Wildman–Crippen LogP) is 11.8. The van der Waals surface area contributed by atoms with Crippen molar-refractivity contribution in [2.75, 3.05) is 0 Å². The second-order valence-electron chi connectivity index (χ2n) is 14.8. The number of fused-ring (bicyclic) bond motifs is 3. The standard InChI is InChI=1S/C21H25.C13H10.C9H13.Hf/c1-20(2,3)16-7-9-18-14(12-16)11-15-13-17(21(4,5)6)8-10-19(15)18;1-3-7-12(8-4-1)11-13-9-5-2-6-10-13;1-9(2,3)8-6-4-5-7-8;/h7-13H,1-6H3;1-10H;6-7H,4H2,1-3H3;/q-1;;-1;+2. The number of rotatable bonds is 2. The van der Waals surface area contributed by atoms with E-state index in [-0.39, 0.29) is 10.8 Å². The van der Waals surface area contributed by atoms with Crippen LogP contribution in [0.15, 0.2) is 121 Å². The van der Waals surface area contributed by atoms with Crippen molar-refractivity contribution in [1.82, 2.24) is 0 Å². The van der Waals surface area contributed by atoms with Gasteiger partial charge in [0.2, 0.25) is 0 Å².